The second-order valence-electron chi connectivity index (χ2n) is 4.83. The summed E-state index contributed by atoms with van der Waals surface area (Å²) in [6.07, 6.45) is 1.11. The highest BCUT2D eigenvalue weighted by Crippen LogP contribution is 2.41. The molecule has 2 aromatic rings. The number of rotatable bonds is 1. The van der Waals surface area contributed by atoms with Crippen molar-refractivity contribution in [3.8, 4) is 11.5 Å². The van der Waals surface area contributed by atoms with E-state index in [2.05, 4.69) is 18.2 Å². The first-order chi connectivity index (χ1) is 8.92. The average Bonchev–Trinajstić information content (AvgIpc) is 3.02. The topological polar surface area (TPSA) is 18.5 Å². The van der Waals surface area contributed by atoms with E-state index in [-0.39, 0.29) is 6.10 Å². The molecule has 0 saturated carbocycles. The van der Waals surface area contributed by atoms with Gasteiger partial charge < -0.3 is 9.47 Å². The predicted molar refractivity (Wildman–Crippen MR) is 68.1 cm³/mol. The van der Waals surface area contributed by atoms with Gasteiger partial charge in [-0.05, 0) is 18.2 Å². The Morgan fingerprint density at radius 2 is 1.94 bits per heavy atom. The van der Waals surface area contributed by atoms with Crippen LogP contribution in [0.3, 0.4) is 0 Å². The number of fused-ring (bicyclic) bond motifs is 2. The van der Waals surface area contributed by atoms with Gasteiger partial charge in [-0.2, -0.15) is 0 Å². The van der Waals surface area contributed by atoms with E-state index in [1.165, 1.54) is 11.1 Å². The molecule has 2 unspecified atom stereocenters. The summed E-state index contributed by atoms with van der Waals surface area (Å²) in [5, 5.41) is 0. The fourth-order valence-corrected chi connectivity index (χ4v) is 2.85. The molecule has 0 spiro atoms. The molecule has 2 heteroatoms. The lowest BCUT2D eigenvalue weighted by molar-refractivity contribution is 0.175. The second-order valence-corrected chi connectivity index (χ2v) is 4.83. The molecule has 0 N–H and O–H groups in total. The Balaban J connectivity index is 1.65. The fraction of sp³-hybridized carbons (Fsp3) is 0.250. The van der Waals surface area contributed by atoms with Crippen LogP contribution in [0.4, 0.5) is 0 Å². The van der Waals surface area contributed by atoms with E-state index in [1.54, 1.807) is 0 Å². The summed E-state index contributed by atoms with van der Waals surface area (Å²) in [6, 6.07) is 17.5. The van der Waals surface area contributed by atoms with Gasteiger partial charge >= 0.3 is 0 Å². The molecule has 4 rings (SSSR count). The quantitative estimate of drug-likeness (QED) is 0.759. The van der Waals surface area contributed by atoms with Gasteiger partial charge in [0.05, 0.1) is 12.5 Å². The van der Waals surface area contributed by atoms with Crippen LogP contribution in [0.15, 0.2) is 42.5 Å². The first-order valence-corrected chi connectivity index (χ1v) is 6.30. The number of ether oxygens (including phenoxy) is 2. The van der Waals surface area contributed by atoms with Gasteiger partial charge in [0, 0.05) is 17.5 Å². The molecule has 2 heterocycles. The molecule has 89 valence electrons. The average molecular weight is 237 g/mol. The van der Waals surface area contributed by atoms with Crippen LogP contribution in [-0.2, 0) is 6.42 Å². The third-order valence-corrected chi connectivity index (χ3v) is 3.77. The van der Waals surface area contributed by atoms with Crippen molar-refractivity contribution in [1.82, 2.24) is 0 Å². The first-order valence-electron chi connectivity index (χ1n) is 6.30. The van der Waals surface area contributed by atoms with Gasteiger partial charge in [0.15, 0.2) is 0 Å². The highest BCUT2D eigenvalue weighted by molar-refractivity contribution is 5.43. The van der Waals surface area contributed by atoms with Crippen LogP contribution in [0.1, 0.15) is 17.0 Å². The van der Waals surface area contributed by atoms with Crippen LogP contribution >= 0.6 is 0 Å². The van der Waals surface area contributed by atoms with Gasteiger partial charge in [-0.25, -0.2) is 0 Å². The molecular formula is C16H13O2. The largest absolute Gasteiger partial charge is 0.493 e. The summed E-state index contributed by atoms with van der Waals surface area (Å²) in [5.74, 6) is 2.32. The third-order valence-electron chi connectivity index (χ3n) is 3.77. The van der Waals surface area contributed by atoms with Gasteiger partial charge in [0.25, 0.3) is 0 Å². The fourth-order valence-electron chi connectivity index (χ4n) is 2.85. The smallest absolute Gasteiger partial charge is 0.123 e. The van der Waals surface area contributed by atoms with Crippen molar-refractivity contribution < 1.29 is 9.47 Å². The van der Waals surface area contributed by atoms with Crippen LogP contribution in [0.25, 0.3) is 0 Å². The number of hydrogen-bond acceptors (Lipinski definition) is 2. The van der Waals surface area contributed by atoms with Crippen molar-refractivity contribution in [2.75, 3.05) is 6.61 Å². The lowest BCUT2D eigenvalue weighted by Crippen LogP contribution is -2.24. The summed E-state index contributed by atoms with van der Waals surface area (Å²) >= 11 is 0. The number of hydrogen-bond donors (Lipinski definition) is 0. The van der Waals surface area contributed by atoms with Crippen molar-refractivity contribution >= 4 is 0 Å². The molecule has 2 aliphatic heterocycles. The van der Waals surface area contributed by atoms with Crippen LogP contribution < -0.4 is 9.47 Å². The maximum absolute atomic E-state index is 6.04. The molecule has 2 aliphatic rings. The molecule has 0 amide bonds. The van der Waals surface area contributed by atoms with Crippen LogP contribution in [0.2, 0.25) is 0 Å². The molecule has 2 atom stereocenters. The van der Waals surface area contributed by atoms with E-state index >= 15 is 0 Å². The molecule has 0 fully saturated rings. The van der Waals surface area contributed by atoms with Gasteiger partial charge in [-0.15, -0.1) is 0 Å². The van der Waals surface area contributed by atoms with E-state index in [0.717, 1.165) is 24.5 Å². The van der Waals surface area contributed by atoms with Gasteiger partial charge in [0.1, 0.15) is 17.6 Å². The van der Waals surface area contributed by atoms with Crippen LogP contribution in [0, 0.1) is 6.07 Å². The Morgan fingerprint density at radius 1 is 1.06 bits per heavy atom. The zero-order valence-electron chi connectivity index (χ0n) is 9.93. The first kappa shape index (κ1) is 10.0. The summed E-state index contributed by atoms with van der Waals surface area (Å²) in [5.41, 5.74) is 2.46. The minimum atomic E-state index is 0.183. The van der Waals surface area contributed by atoms with E-state index in [9.17, 15) is 0 Å². The van der Waals surface area contributed by atoms with Crippen molar-refractivity contribution in [1.29, 1.82) is 0 Å². The second kappa shape index (κ2) is 3.77. The van der Waals surface area contributed by atoms with Crippen molar-refractivity contribution in [2.45, 2.75) is 18.4 Å². The lowest BCUT2D eigenvalue weighted by Gasteiger charge is -2.17. The maximum Gasteiger partial charge on any atom is 0.123 e. The van der Waals surface area contributed by atoms with Crippen molar-refractivity contribution in [3.05, 3.63) is 59.7 Å². The van der Waals surface area contributed by atoms with E-state index < -0.39 is 0 Å². The molecule has 2 nitrogen and oxygen atoms in total. The summed E-state index contributed by atoms with van der Waals surface area (Å²) in [7, 11) is 0. The van der Waals surface area contributed by atoms with Gasteiger partial charge in [-0.3, -0.25) is 0 Å². The predicted octanol–water partition coefficient (Wildman–Crippen LogP) is 2.97. The molecule has 1 radical (unpaired) electrons. The van der Waals surface area contributed by atoms with Gasteiger partial charge in [0.2, 0.25) is 0 Å². The Hall–Kier alpha value is -1.96. The Bertz CT molecular complexity index is 566. The minimum Gasteiger partial charge on any atom is -0.493 e. The molecule has 0 aromatic heterocycles. The Morgan fingerprint density at radius 3 is 2.89 bits per heavy atom. The number of benzene rings is 2. The SMILES string of the molecule is [c]1cccc2c1CC(C1COc3ccccc31)O2. The lowest BCUT2D eigenvalue weighted by atomic mass is 9.93. The molecular weight excluding hydrogens is 224 g/mol. The Kier molecular flexibility index (Phi) is 2.10. The summed E-state index contributed by atoms with van der Waals surface area (Å²) in [6.45, 7) is 0.720. The highest BCUT2D eigenvalue weighted by Gasteiger charge is 2.36. The molecule has 0 bridgehead atoms. The van der Waals surface area contributed by atoms with E-state index in [0.29, 0.717) is 5.92 Å². The monoisotopic (exact) mass is 237 g/mol. The molecule has 2 aromatic carbocycles. The zero-order valence-corrected chi connectivity index (χ0v) is 9.93. The minimum absolute atomic E-state index is 0.183. The molecule has 0 saturated heterocycles. The zero-order chi connectivity index (χ0) is 11.9. The van der Waals surface area contributed by atoms with Crippen molar-refractivity contribution in [3.63, 3.8) is 0 Å². The summed E-state index contributed by atoms with van der Waals surface area (Å²) < 4.78 is 11.8. The molecule has 18 heavy (non-hydrogen) atoms. The number of para-hydroxylation sites is 1. The van der Waals surface area contributed by atoms with E-state index in [4.69, 9.17) is 9.47 Å². The Labute approximate surface area is 106 Å². The standard InChI is InChI=1S/C16H13O2/c1-3-7-14-11(5-1)9-16(18-14)13-10-17-15-8-4-2-6-12(13)15/h1-4,6-8,13,16H,9-10H2. The third kappa shape index (κ3) is 1.42. The molecule has 0 aliphatic carbocycles. The van der Waals surface area contributed by atoms with Gasteiger partial charge in [-0.1, -0.05) is 30.3 Å². The van der Waals surface area contributed by atoms with Crippen LogP contribution in [-0.4, -0.2) is 12.7 Å². The summed E-state index contributed by atoms with van der Waals surface area (Å²) in [4.78, 5) is 0. The highest BCUT2D eigenvalue weighted by atomic mass is 16.5. The maximum atomic E-state index is 6.04. The van der Waals surface area contributed by atoms with Crippen LogP contribution in [0.5, 0.6) is 11.5 Å². The normalized spacial score (nSPS) is 24.0. The van der Waals surface area contributed by atoms with E-state index in [1.807, 2.05) is 30.3 Å². The van der Waals surface area contributed by atoms with Crippen molar-refractivity contribution in [2.24, 2.45) is 0 Å².